The summed E-state index contributed by atoms with van der Waals surface area (Å²) in [4.78, 5) is 36.2. The van der Waals surface area contributed by atoms with Gasteiger partial charge in [0.05, 0.1) is 0 Å². The van der Waals surface area contributed by atoms with Crippen LogP contribution in [0, 0.1) is 5.82 Å². The van der Waals surface area contributed by atoms with Crippen molar-refractivity contribution >= 4 is 17.9 Å². The number of carbonyl (C=O) groups excluding carboxylic acids is 3. The van der Waals surface area contributed by atoms with Gasteiger partial charge in [0, 0.05) is 18.5 Å². The van der Waals surface area contributed by atoms with E-state index < -0.39 is 24.0 Å². The summed E-state index contributed by atoms with van der Waals surface area (Å²) >= 11 is 0. The third-order valence-corrected chi connectivity index (χ3v) is 3.69. The molecule has 0 heterocycles. The van der Waals surface area contributed by atoms with Gasteiger partial charge in [-0.3, -0.25) is 14.9 Å². The van der Waals surface area contributed by atoms with Crippen molar-refractivity contribution in [2.75, 3.05) is 6.54 Å². The fourth-order valence-corrected chi connectivity index (χ4v) is 2.37. The maximum absolute atomic E-state index is 12.9. The lowest BCUT2D eigenvalue weighted by Crippen LogP contribution is -2.42. The third-order valence-electron chi connectivity index (χ3n) is 3.69. The minimum atomic E-state index is -1.24. The Balaban J connectivity index is 2.02. The molecule has 6 nitrogen and oxygen atoms in total. The smallest absolute Gasteiger partial charge is 0.321 e. The van der Waals surface area contributed by atoms with Crippen LogP contribution in [-0.4, -0.2) is 24.5 Å². The first kappa shape index (κ1) is 20.1. The lowest BCUT2D eigenvalue weighted by atomic mass is 10.1. The van der Waals surface area contributed by atoms with E-state index in [1.807, 2.05) is 0 Å². The summed E-state index contributed by atoms with van der Waals surface area (Å²) in [6, 6.07) is 13.6. The molecule has 0 fully saturated rings. The second-order valence-corrected chi connectivity index (χ2v) is 5.76. The molecular weight excluding hydrogens is 351 g/mol. The molecule has 3 amide bonds. The summed E-state index contributed by atoms with van der Waals surface area (Å²) in [5.41, 5.74) is 1.23. The van der Waals surface area contributed by atoms with Crippen molar-refractivity contribution in [3.05, 3.63) is 71.5 Å². The number of rotatable bonds is 7. The molecule has 2 aromatic rings. The van der Waals surface area contributed by atoms with E-state index >= 15 is 0 Å². The molecule has 142 valence electrons. The normalized spacial score (nSPS) is 11.3. The van der Waals surface area contributed by atoms with Gasteiger partial charge in [0.25, 0.3) is 5.91 Å². The summed E-state index contributed by atoms with van der Waals surface area (Å²) < 4.78 is 18.2. The number of aryl methyl sites for hydroxylation is 1. The minimum Gasteiger partial charge on any atom is -0.447 e. The summed E-state index contributed by atoms with van der Waals surface area (Å²) in [7, 11) is 0. The predicted octanol–water partition coefficient (Wildman–Crippen LogP) is 2.89. The first-order valence-electron chi connectivity index (χ1n) is 8.57. The van der Waals surface area contributed by atoms with Crippen molar-refractivity contribution in [3.8, 4) is 0 Å². The van der Waals surface area contributed by atoms with E-state index in [1.165, 1.54) is 12.1 Å². The van der Waals surface area contributed by atoms with E-state index in [-0.39, 0.29) is 12.2 Å². The average Bonchev–Trinajstić information content (AvgIpc) is 2.66. The lowest BCUT2D eigenvalue weighted by Gasteiger charge is -2.17. The number of esters is 1. The number of amides is 3. The highest BCUT2D eigenvalue weighted by molar-refractivity contribution is 5.97. The number of imide groups is 1. The van der Waals surface area contributed by atoms with Crippen LogP contribution in [0.3, 0.4) is 0 Å². The molecule has 0 aliphatic rings. The largest absolute Gasteiger partial charge is 0.447 e. The Morgan fingerprint density at radius 2 is 1.70 bits per heavy atom. The topological polar surface area (TPSA) is 84.5 Å². The van der Waals surface area contributed by atoms with Gasteiger partial charge in [-0.2, -0.15) is 0 Å². The molecule has 0 aromatic heterocycles. The van der Waals surface area contributed by atoms with Gasteiger partial charge in [-0.15, -0.1) is 0 Å². The van der Waals surface area contributed by atoms with Crippen LogP contribution in [0.4, 0.5) is 9.18 Å². The number of ether oxygens (including phenoxy) is 1. The Labute approximate surface area is 156 Å². The Bertz CT molecular complexity index is 778. The molecule has 0 aliphatic heterocycles. The van der Waals surface area contributed by atoms with Gasteiger partial charge >= 0.3 is 12.0 Å². The van der Waals surface area contributed by atoms with Crippen LogP contribution in [0.15, 0.2) is 54.6 Å². The van der Waals surface area contributed by atoms with E-state index in [2.05, 4.69) is 10.6 Å². The van der Waals surface area contributed by atoms with Crippen LogP contribution in [0.2, 0.25) is 0 Å². The van der Waals surface area contributed by atoms with E-state index in [0.717, 1.165) is 5.56 Å². The van der Waals surface area contributed by atoms with E-state index in [0.29, 0.717) is 18.5 Å². The molecular formula is C20H21FN2O4. The summed E-state index contributed by atoms with van der Waals surface area (Å²) in [5, 5.41) is 4.60. The van der Waals surface area contributed by atoms with E-state index in [4.69, 9.17) is 4.74 Å². The summed E-state index contributed by atoms with van der Waals surface area (Å²) in [6.45, 7) is 2.07. The number of halogens is 1. The van der Waals surface area contributed by atoms with Crippen LogP contribution >= 0.6 is 0 Å². The first-order chi connectivity index (χ1) is 13.0. The Hall–Kier alpha value is -3.22. The monoisotopic (exact) mass is 372 g/mol. The van der Waals surface area contributed by atoms with Gasteiger partial charge in [0.2, 0.25) is 6.10 Å². The minimum absolute atomic E-state index is 0.0173. The number of urea groups is 1. The van der Waals surface area contributed by atoms with Crippen LogP contribution in [0.25, 0.3) is 0 Å². The number of hydrogen-bond acceptors (Lipinski definition) is 4. The molecule has 0 saturated heterocycles. The zero-order valence-electron chi connectivity index (χ0n) is 14.9. The van der Waals surface area contributed by atoms with Gasteiger partial charge < -0.3 is 10.1 Å². The van der Waals surface area contributed by atoms with Crippen molar-refractivity contribution in [2.24, 2.45) is 0 Å². The van der Waals surface area contributed by atoms with Crippen LogP contribution in [0.5, 0.6) is 0 Å². The summed E-state index contributed by atoms with van der Waals surface area (Å²) in [6.07, 6.45) is -0.878. The van der Waals surface area contributed by atoms with Gasteiger partial charge in [0.1, 0.15) is 5.82 Å². The quantitative estimate of drug-likeness (QED) is 0.732. The molecule has 2 N–H and O–H groups in total. The molecule has 27 heavy (non-hydrogen) atoms. The Kier molecular flexibility index (Phi) is 7.49. The zero-order valence-corrected chi connectivity index (χ0v) is 14.9. The fraction of sp³-hybridized carbons (Fsp3) is 0.250. The van der Waals surface area contributed by atoms with Crippen molar-refractivity contribution in [1.82, 2.24) is 10.6 Å². The fourth-order valence-electron chi connectivity index (χ4n) is 2.37. The SMILES string of the molecule is CCNC(=O)NC(=O)[C@@H](OC(=O)CCc1ccc(F)cc1)c1ccccc1. The van der Waals surface area contributed by atoms with Crippen LogP contribution in [-0.2, 0) is 20.7 Å². The van der Waals surface area contributed by atoms with Gasteiger partial charge in [0.15, 0.2) is 0 Å². The number of benzene rings is 2. The van der Waals surface area contributed by atoms with E-state index in [1.54, 1.807) is 49.4 Å². The summed E-state index contributed by atoms with van der Waals surface area (Å²) in [5.74, 6) is -1.69. The first-order valence-corrected chi connectivity index (χ1v) is 8.57. The van der Waals surface area contributed by atoms with Crippen molar-refractivity contribution in [3.63, 3.8) is 0 Å². The zero-order chi connectivity index (χ0) is 19.6. The van der Waals surface area contributed by atoms with Crippen molar-refractivity contribution in [2.45, 2.75) is 25.9 Å². The Morgan fingerprint density at radius 3 is 2.33 bits per heavy atom. The van der Waals surface area contributed by atoms with Crippen LogP contribution in [0.1, 0.15) is 30.6 Å². The Morgan fingerprint density at radius 1 is 1.04 bits per heavy atom. The molecule has 0 aliphatic carbocycles. The van der Waals surface area contributed by atoms with Crippen molar-refractivity contribution < 1.29 is 23.5 Å². The predicted molar refractivity (Wildman–Crippen MR) is 97.2 cm³/mol. The second-order valence-electron chi connectivity index (χ2n) is 5.76. The van der Waals surface area contributed by atoms with Gasteiger partial charge in [-0.25, -0.2) is 9.18 Å². The van der Waals surface area contributed by atoms with Crippen molar-refractivity contribution in [1.29, 1.82) is 0 Å². The third kappa shape index (κ3) is 6.54. The maximum Gasteiger partial charge on any atom is 0.321 e. The molecule has 1 atom stereocenters. The molecule has 0 radical (unpaired) electrons. The van der Waals surface area contributed by atoms with Gasteiger partial charge in [-0.1, -0.05) is 42.5 Å². The highest BCUT2D eigenvalue weighted by Crippen LogP contribution is 2.19. The van der Waals surface area contributed by atoms with Gasteiger partial charge in [-0.05, 0) is 31.0 Å². The average molecular weight is 372 g/mol. The number of carbonyl (C=O) groups is 3. The standard InChI is InChI=1S/C20H21FN2O4/c1-2-22-20(26)23-19(25)18(15-6-4-3-5-7-15)27-17(24)13-10-14-8-11-16(21)12-9-14/h3-9,11-12,18H,2,10,13H2,1H3,(H2,22,23,25,26)/t18-/m0/s1. The molecule has 2 rings (SSSR count). The van der Waals surface area contributed by atoms with Crippen LogP contribution < -0.4 is 10.6 Å². The molecule has 7 heteroatoms. The highest BCUT2D eigenvalue weighted by atomic mass is 19.1. The maximum atomic E-state index is 12.9. The van der Waals surface area contributed by atoms with E-state index in [9.17, 15) is 18.8 Å². The highest BCUT2D eigenvalue weighted by Gasteiger charge is 2.26. The number of hydrogen-bond donors (Lipinski definition) is 2. The number of nitrogens with one attached hydrogen (secondary N) is 2. The molecule has 0 bridgehead atoms. The second kappa shape index (κ2) is 10.1. The molecule has 0 spiro atoms. The molecule has 0 unspecified atom stereocenters. The molecule has 0 saturated carbocycles. The molecule has 2 aromatic carbocycles. The lowest BCUT2D eigenvalue weighted by molar-refractivity contribution is -0.156.